The largest absolute Gasteiger partial charge is 0.354 e. The molecule has 5 nitrogen and oxygen atoms in total. The molecule has 2 aromatic carbocycles. The van der Waals surface area contributed by atoms with Crippen molar-refractivity contribution in [3.05, 3.63) is 116 Å². The van der Waals surface area contributed by atoms with Gasteiger partial charge in [-0.15, -0.1) is 0 Å². The second-order valence-corrected chi connectivity index (χ2v) is 24.3. The van der Waals surface area contributed by atoms with E-state index in [0.717, 1.165) is 91.6 Å². The number of allylic oxidation sites excluding steroid dienone is 4. The van der Waals surface area contributed by atoms with Crippen LogP contribution in [0.15, 0.2) is 54.6 Å². The lowest BCUT2D eigenvalue weighted by molar-refractivity contribution is 0.112. The Balaban J connectivity index is 1.75. The number of aromatic nitrogens is 4. The van der Waals surface area contributed by atoms with Gasteiger partial charge in [-0.1, -0.05) is 189 Å². The standard InChI is InChI=1S/C69H94N4O/c1-15-19-23-27-31-54-45(5)64-62(50-37-35-49(44-74)36-38-50)65-46(6)55(32-28-24-20-16-2)59(71-65)43-61-57(34-30-26-22-18-4)48(8)67(73-61)63(51-39-52(68(9,10)11)41-53(40-51)69(12,13)14)66-47(7)56(33-29-25-21-17-3)60(72-66)42-58(54)70-64/h35-44,72-73H,15-34H2,1-14H3. The molecular formula is C69H94N4O. The molecule has 0 aliphatic carbocycles. The summed E-state index contributed by atoms with van der Waals surface area (Å²) in [6.07, 6.45) is 23.9. The summed E-state index contributed by atoms with van der Waals surface area (Å²) < 4.78 is 0. The van der Waals surface area contributed by atoms with Gasteiger partial charge in [-0.2, -0.15) is 0 Å². The maximum Gasteiger partial charge on any atom is 0.150 e. The first-order chi connectivity index (χ1) is 35.4. The number of nitrogens with zero attached hydrogens (tertiary/aromatic N) is 2. The number of hydrogen-bond donors (Lipinski definition) is 2. The van der Waals surface area contributed by atoms with Crippen molar-refractivity contribution < 1.29 is 4.79 Å². The van der Waals surface area contributed by atoms with Crippen molar-refractivity contribution in [3.8, 4) is 22.3 Å². The number of H-pyrrole nitrogens is 2. The van der Waals surface area contributed by atoms with Crippen molar-refractivity contribution in [1.29, 1.82) is 0 Å². The highest BCUT2D eigenvalue weighted by Gasteiger charge is 2.29. The lowest BCUT2D eigenvalue weighted by Gasteiger charge is -2.26. The third-order valence-electron chi connectivity index (χ3n) is 16.5. The molecule has 0 unspecified atom stereocenters. The molecular weight excluding hydrogens is 901 g/mol. The van der Waals surface area contributed by atoms with Crippen LogP contribution < -0.4 is 0 Å². The number of fused-ring (bicyclic) bond motifs is 8. The monoisotopic (exact) mass is 995 g/mol. The molecule has 0 spiro atoms. The third-order valence-corrected chi connectivity index (χ3v) is 16.5. The lowest BCUT2D eigenvalue weighted by atomic mass is 9.78. The van der Waals surface area contributed by atoms with E-state index in [4.69, 9.17) is 9.97 Å². The molecule has 0 saturated heterocycles. The second-order valence-electron chi connectivity index (χ2n) is 24.3. The van der Waals surface area contributed by atoms with Crippen LogP contribution in [0.4, 0.5) is 0 Å². The minimum absolute atomic E-state index is 0.0529. The van der Waals surface area contributed by atoms with Crippen molar-refractivity contribution in [2.75, 3.05) is 0 Å². The Bertz CT molecular complexity index is 2840. The predicted molar refractivity (Wildman–Crippen MR) is 322 cm³/mol. The van der Waals surface area contributed by atoms with E-state index < -0.39 is 0 Å². The maximum absolute atomic E-state index is 12.1. The Morgan fingerprint density at radius 2 is 0.851 bits per heavy atom. The van der Waals surface area contributed by atoms with Crippen molar-refractivity contribution in [2.24, 2.45) is 0 Å². The number of aryl methyl sites for hydroxylation is 4. The molecule has 5 aromatic rings. The Labute approximate surface area is 448 Å². The van der Waals surface area contributed by atoms with Gasteiger partial charge in [-0.3, -0.25) is 4.79 Å². The van der Waals surface area contributed by atoms with Gasteiger partial charge in [0.1, 0.15) is 6.29 Å². The first-order valence-corrected chi connectivity index (χ1v) is 29.4. The number of aromatic amines is 2. The van der Waals surface area contributed by atoms with Crippen molar-refractivity contribution in [1.82, 2.24) is 19.9 Å². The van der Waals surface area contributed by atoms with E-state index in [1.807, 2.05) is 12.1 Å². The zero-order valence-electron chi connectivity index (χ0n) is 48.7. The first-order valence-electron chi connectivity index (χ1n) is 29.4. The molecule has 0 atom stereocenters. The van der Waals surface area contributed by atoms with Gasteiger partial charge in [-0.25, -0.2) is 9.97 Å². The quantitative estimate of drug-likeness (QED) is 0.0506. The third kappa shape index (κ3) is 12.7. The summed E-state index contributed by atoms with van der Waals surface area (Å²) in [5, 5.41) is 0. The summed E-state index contributed by atoms with van der Waals surface area (Å²) in [4.78, 5) is 32.3. The Hall–Kier alpha value is -5.29. The highest BCUT2D eigenvalue weighted by Crippen LogP contribution is 2.46. The van der Waals surface area contributed by atoms with Crippen LogP contribution in [0.2, 0.25) is 0 Å². The fourth-order valence-corrected chi connectivity index (χ4v) is 11.6. The zero-order valence-corrected chi connectivity index (χ0v) is 48.7. The van der Waals surface area contributed by atoms with Gasteiger partial charge in [0.2, 0.25) is 0 Å². The molecule has 7 rings (SSSR count). The number of benzene rings is 2. The lowest BCUT2D eigenvalue weighted by Crippen LogP contribution is -2.16. The molecule has 0 fully saturated rings. The molecule has 2 N–H and O–H groups in total. The van der Waals surface area contributed by atoms with E-state index in [0.29, 0.717) is 5.56 Å². The molecule has 396 valence electrons. The molecule has 2 aliphatic rings. The summed E-state index contributed by atoms with van der Waals surface area (Å²) in [6, 6.07) is 20.5. The van der Waals surface area contributed by atoms with Gasteiger partial charge in [0.25, 0.3) is 0 Å². The molecule has 74 heavy (non-hydrogen) atoms. The van der Waals surface area contributed by atoms with Gasteiger partial charge in [0.15, 0.2) is 0 Å². The Kier molecular flexibility index (Phi) is 19.1. The SMILES string of the molecule is CCCCCCC1=C(C)c2nc1cc1[nH]c(c(C)c1CCCCCC)c(-c1cc(C(C)(C)C)cc(C(C)(C)C)c1)c1[nH]c(cc3nc(c2-c2ccc(C=O)cc2)C(C)=C3CCCCCC)c(CCCCCC)c1C. The maximum atomic E-state index is 12.1. The molecule has 5 heterocycles. The second kappa shape index (κ2) is 25.0. The van der Waals surface area contributed by atoms with Gasteiger partial charge in [0, 0.05) is 27.7 Å². The van der Waals surface area contributed by atoms with E-state index >= 15 is 0 Å². The van der Waals surface area contributed by atoms with Crippen LogP contribution in [0.1, 0.15) is 265 Å². The topological polar surface area (TPSA) is 74.4 Å². The van der Waals surface area contributed by atoms with Gasteiger partial charge in [0.05, 0.1) is 33.8 Å². The van der Waals surface area contributed by atoms with E-state index in [9.17, 15) is 4.79 Å². The summed E-state index contributed by atoms with van der Waals surface area (Å²) in [5.41, 5.74) is 27.3. The summed E-state index contributed by atoms with van der Waals surface area (Å²) in [7, 11) is 0. The average molecular weight is 996 g/mol. The summed E-state index contributed by atoms with van der Waals surface area (Å²) >= 11 is 0. The summed E-state index contributed by atoms with van der Waals surface area (Å²) in [5.74, 6) is 0. The van der Waals surface area contributed by atoms with Crippen LogP contribution in [0.3, 0.4) is 0 Å². The molecule has 0 radical (unpaired) electrons. The molecule has 5 heteroatoms. The van der Waals surface area contributed by atoms with Crippen molar-refractivity contribution in [3.63, 3.8) is 0 Å². The van der Waals surface area contributed by atoms with E-state index in [2.05, 4.69) is 149 Å². The van der Waals surface area contributed by atoms with Crippen LogP contribution in [0.25, 0.3) is 66.6 Å². The number of carbonyl (C=O) groups excluding carboxylic acids is 1. The minimum atomic E-state index is -0.0529. The minimum Gasteiger partial charge on any atom is -0.354 e. The van der Waals surface area contributed by atoms with Crippen LogP contribution in [0, 0.1) is 13.8 Å². The fourth-order valence-electron chi connectivity index (χ4n) is 11.6. The Morgan fingerprint density at radius 1 is 0.459 bits per heavy atom. The molecule has 0 amide bonds. The highest BCUT2D eigenvalue weighted by atomic mass is 16.1. The number of aldehydes is 1. The Morgan fingerprint density at radius 3 is 1.22 bits per heavy atom. The van der Waals surface area contributed by atoms with Crippen LogP contribution in [-0.4, -0.2) is 26.2 Å². The predicted octanol–water partition coefficient (Wildman–Crippen LogP) is 20.7. The van der Waals surface area contributed by atoms with Crippen LogP contribution in [-0.2, 0) is 23.7 Å². The van der Waals surface area contributed by atoms with E-state index in [1.54, 1.807) is 0 Å². The van der Waals surface area contributed by atoms with Crippen molar-refractivity contribution >= 4 is 50.6 Å². The molecule has 8 bridgehead atoms. The first kappa shape index (κ1) is 56.4. The van der Waals surface area contributed by atoms with Gasteiger partial charge < -0.3 is 9.97 Å². The number of hydrogen-bond acceptors (Lipinski definition) is 3. The van der Waals surface area contributed by atoms with Crippen LogP contribution >= 0.6 is 0 Å². The number of rotatable bonds is 23. The van der Waals surface area contributed by atoms with E-state index in [1.165, 1.54) is 166 Å². The molecule has 2 aliphatic heterocycles. The fraction of sp³-hybridized carbons (Fsp3) is 0.522. The molecule has 3 aromatic heterocycles. The normalized spacial score (nSPS) is 13.2. The van der Waals surface area contributed by atoms with Gasteiger partial charge in [-0.05, 0) is 169 Å². The number of unbranched alkanes of at least 4 members (excludes halogenated alkanes) is 12. The molecule has 0 saturated carbocycles. The summed E-state index contributed by atoms with van der Waals surface area (Å²) in [6.45, 7) is 32.8. The average Bonchev–Trinajstić information content (AvgIpc) is 4.05. The van der Waals surface area contributed by atoms with Crippen molar-refractivity contribution in [2.45, 2.75) is 236 Å². The number of carbonyl (C=O) groups is 1. The highest BCUT2D eigenvalue weighted by molar-refractivity contribution is 6.03. The smallest absolute Gasteiger partial charge is 0.150 e. The zero-order chi connectivity index (χ0) is 53.3. The van der Waals surface area contributed by atoms with E-state index in [-0.39, 0.29) is 10.8 Å². The van der Waals surface area contributed by atoms with Gasteiger partial charge >= 0.3 is 0 Å². The van der Waals surface area contributed by atoms with Crippen LogP contribution in [0.5, 0.6) is 0 Å². The number of nitrogens with one attached hydrogen (secondary N) is 2.